The zero-order chi connectivity index (χ0) is 10.3. The molecule has 0 N–H and O–H groups in total. The third kappa shape index (κ3) is 1.37. The first-order chi connectivity index (χ1) is 7.40. The fourth-order valence-electron chi connectivity index (χ4n) is 3.19. The minimum atomic E-state index is 0.821. The van der Waals surface area contributed by atoms with Gasteiger partial charge in [-0.1, -0.05) is 19.4 Å². The summed E-state index contributed by atoms with van der Waals surface area (Å²) in [7, 11) is 0. The largest absolute Gasteiger partial charge is 0.493 e. The average molecular weight is 202 g/mol. The van der Waals surface area contributed by atoms with Crippen LogP contribution in [0.5, 0.6) is 5.75 Å². The fourth-order valence-corrected chi connectivity index (χ4v) is 3.19. The van der Waals surface area contributed by atoms with E-state index in [2.05, 4.69) is 19.1 Å². The maximum atomic E-state index is 5.65. The molecule has 0 radical (unpaired) electrons. The first-order valence-corrected chi connectivity index (χ1v) is 6.17. The van der Waals surface area contributed by atoms with Crippen LogP contribution in [0, 0.1) is 0 Å². The Kier molecular flexibility index (Phi) is 2.19. The molecule has 0 bridgehead atoms. The van der Waals surface area contributed by atoms with Gasteiger partial charge in [-0.15, -0.1) is 0 Å². The van der Waals surface area contributed by atoms with Gasteiger partial charge in [-0.2, -0.15) is 0 Å². The molecule has 0 saturated heterocycles. The van der Waals surface area contributed by atoms with Gasteiger partial charge in [0, 0.05) is 12.0 Å². The maximum Gasteiger partial charge on any atom is 0.122 e. The molecule has 0 unspecified atom stereocenters. The van der Waals surface area contributed by atoms with Crippen molar-refractivity contribution in [2.75, 3.05) is 6.61 Å². The summed E-state index contributed by atoms with van der Waals surface area (Å²) >= 11 is 0. The van der Waals surface area contributed by atoms with E-state index in [0.29, 0.717) is 0 Å². The van der Waals surface area contributed by atoms with Crippen LogP contribution in [0.15, 0.2) is 12.1 Å². The number of hydrogen-bond acceptors (Lipinski definition) is 1. The molecule has 0 fully saturated rings. The number of benzene rings is 1. The lowest BCUT2D eigenvalue weighted by Gasteiger charge is -2.13. The normalized spacial score (nSPS) is 22.3. The molecular formula is C14H18O. The van der Waals surface area contributed by atoms with E-state index in [0.717, 1.165) is 24.7 Å². The van der Waals surface area contributed by atoms with E-state index in [1.165, 1.54) is 31.2 Å². The van der Waals surface area contributed by atoms with E-state index in [1.54, 1.807) is 11.1 Å². The van der Waals surface area contributed by atoms with Crippen LogP contribution in [-0.2, 0) is 12.8 Å². The number of ether oxygens (including phenoxy) is 1. The van der Waals surface area contributed by atoms with Crippen LogP contribution < -0.4 is 4.74 Å². The van der Waals surface area contributed by atoms with Gasteiger partial charge in [-0.05, 0) is 42.4 Å². The van der Waals surface area contributed by atoms with Crippen molar-refractivity contribution in [2.45, 2.75) is 44.9 Å². The van der Waals surface area contributed by atoms with Gasteiger partial charge in [0.1, 0.15) is 5.75 Å². The Hall–Kier alpha value is -0.980. The van der Waals surface area contributed by atoms with Crippen LogP contribution in [0.4, 0.5) is 0 Å². The van der Waals surface area contributed by atoms with E-state index >= 15 is 0 Å². The Balaban J connectivity index is 2.05. The molecule has 1 aliphatic heterocycles. The van der Waals surface area contributed by atoms with Crippen molar-refractivity contribution >= 4 is 0 Å². The zero-order valence-electron chi connectivity index (χ0n) is 9.38. The van der Waals surface area contributed by atoms with Crippen LogP contribution in [0.3, 0.4) is 0 Å². The monoisotopic (exact) mass is 202 g/mol. The molecule has 15 heavy (non-hydrogen) atoms. The molecule has 3 rings (SSSR count). The predicted octanol–water partition coefficient (Wildman–Crippen LogP) is 3.45. The van der Waals surface area contributed by atoms with Crippen LogP contribution in [0.25, 0.3) is 0 Å². The molecule has 0 saturated carbocycles. The van der Waals surface area contributed by atoms with Gasteiger partial charge in [-0.25, -0.2) is 0 Å². The second kappa shape index (κ2) is 3.55. The van der Waals surface area contributed by atoms with E-state index in [4.69, 9.17) is 4.74 Å². The summed E-state index contributed by atoms with van der Waals surface area (Å²) in [5.74, 6) is 1.98. The molecule has 0 aromatic heterocycles. The minimum Gasteiger partial charge on any atom is -0.493 e. The molecule has 1 aliphatic carbocycles. The highest BCUT2D eigenvalue weighted by Gasteiger charge is 2.28. The molecule has 0 amide bonds. The third-order valence-electron chi connectivity index (χ3n) is 3.82. The number of fused-ring (bicyclic) bond motifs is 3. The van der Waals surface area contributed by atoms with Crippen molar-refractivity contribution in [2.24, 2.45) is 0 Å². The van der Waals surface area contributed by atoms with Gasteiger partial charge in [0.25, 0.3) is 0 Å². The summed E-state index contributed by atoms with van der Waals surface area (Å²) < 4.78 is 5.65. The highest BCUT2D eigenvalue weighted by molar-refractivity contribution is 5.51. The van der Waals surface area contributed by atoms with E-state index in [-0.39, 0.29) is 0 Å². The molecule has 1 heterocycles. The molecule has 80 valence electrons. The number of aryl methyl sites for hydroxylation is 1. The first kappa shape index (κ1) is 9.26. The van der Waals surface area contributed by atoms with Gasteiger partial charge in [0.05, 0.1) is 6.61 Å². The molecule has 1 aromatic carbocycles. The molecular weight excluding hydrogens is 184 g/mol. The van der Waals surface area contributed by atoms with Crippen LogP contribution >= 0.6 is 0 Å². The van der Waals surface area contributed by atoms with Crippen molar-refractivity contribution in [3.63, 3.8) is 0 Å². The van der Waals surface area contributed by atoms with E-state index < -0.39 is 0 Å². The first-order valence-electron chi connectivity index (χ1n) is 6.17. The maximum absolute atomic E-state index is 5.65. The van der Waals surface area contributed by atoms with Crippen molar-refractivity contribution in [3.05, 3.63) is 28.8 Å². The fraction of sp³-hybridized carbons (Fsp3) is 0.571. The summed E-state index contributed by atoms with van der Waals surface area (Å²) in [5, 5.41) is 0. The van der Waals surface area contributed by atoms with Gasteiger partial charge >= 0.3 is 0 Å². The van der Waals surface area contributed by atoms with Gasteiger partial charge < -0.3 is 4.74 Å². The third-order valence-corrected chi connectivity index (χ3v) is 3.82. The summed E-state index contributed by atoms with van der Waals surface area (Å²) in [6, 6.07) is 4.46. The van der Waals surface area contributed by atoms with Crippen molar-refractivity contribution in [1.82, 2.24) is 0 Å². The number of rotatable bonds is 2. The molecule has 1 aromatic rings. The lowest BCUT2D eigenvalue weighted by atomic mass is 9.91. The Labute approximate surface area is 91.5 Å². The summed E-state index contributed by atoms with van der Waals surface area (Å²) in [6.07, 6.45) is 6.43. The van der Waals surface area contributed by atoms with Crippen LogP contribution in [0.2, 0.25) is 0 Å². The second-order valence-electron chi connectivity index (χ2n) is 4.74. The second-order valence-corrected chi connectivity index (χ2v) is 4.74. The Morgan fingerprint density at radius 1 is 1.33 bits per heavy atom. The summed E-state index contributed by atoms with van der Waals surface area (Å²) in [6.45, 7) is 3.18. The molecule has 1 atom stereocenters. The molecule has 1 nitrogen and oxygen atoms in total. The summed E-state index contributed by atoms with van der Waals surface area (Å²) in [5.41, 5.74) is 4.79. The van der Waals surface area contributed by atoms with Crippen molar-refractivity contribution < 1.29 is 4.74 Å². The zero-order valence-corrected chi connectivity index (χ0v) is 9.38. The van der Waals surface area contributed by atoms with Gasteiger partial charge in [-0.3, -0.25) is 0 Å². The lowest BCUT2D eigenvalue weighted by molar-refractivity contribution is 0.357. The minimum absolute atomic E-state index is 0.821. The standard InChI is InChI=1S/C14H18O/c1-2-3-10-4-5-11-6-7-13-12(14(10)11)8-9-15-13/h6-7,10H,2-5,8-9H2,1H3/t10-/m1/s1. The average Bonchev–Trinajstić information content (AvgIpc) is 2.83. The van der Waals surface area contributed by atoms with E-state index in [9.17, 15) is 0 Å². The smallest absolute Gasteiger partial charge is 0.122 e. The Morgan fingerprint density at radius 3 is 3.13 bits per heavy atom. The lowest BCUT2D eigenvalue weighted by Crippen LogP contribution is -1.97. The molecule has 1 heteroatoms. The van der Waals surface area contributed by atoms with Crippen LogP contribution in [0.1, 0.15) is 48.8 Å². The molecule has 0 spiro atoms. The summed E-state index contributed by atoms with van der Waals surface area (Å²) in [4.78, 5) is 0. The quantitative estimate of drug-likeness (QED) is 0.713. The van der Waals surface area contributed by atoms with Crippen molar-refractivity contribution in [1.29, 1.82) is 0 Å². The van der Waals surface area contributed by atoms with Crippen molar-refractivity contribution in [3.8, 4) is 5.75 Å². The number of hydrogen-bond donors (Lipinski definition) is 0. The highest BCUT2D eigenvalue weighted by atomic mass is 16.5. The van der Waals surface area contributed by atoms with Gasteiger partial charge in [0.2, 0.25) is 0 Å². The predicted molar refractivity (Wildman–Crippen MR) is 61.6 cm³/mol. The highest BCUT2D eigenvalue weighted by Crippen LogP contribution is 2.43. The van der Waals surface area contributed by atoms with Crippen LogP contribution in [-0.4, -0.2) is 6.61 Å². The SMILES string of the molecule is CCC[C@@H]1CCc2ccc3c(c21)CCO3. The van der Waals surface area contributed by atoms with E-state index in [1.807, 2.05) is 0 Å². The topological polar surface area (TPSA) is 9.23 Å². The Morgan fingerprint density at radius 2 is 2.27 bits per heavy atom. The molecule has 2 aliphatic rings. The van der Waals surface area contributed by atoms with Gasteiger partial charge in [0.15, 0.2) is 0 Å². The Bertz CT molecular complexity index is 379.